The molecule has 0 heterocycles. The fourth-order valence-electron chi connectivity index (χ4n) is 2.48. The van der Waals surface area contributed by atoms with E-state index in [1.807, 2.05) is 31.2 Å². The third kappa shape index (κ3) is 5.73. The monoisotopic (exact) mass is 389 g/mol. The van der Waals surface area contributed by atoms with Gasteiger partial charge in [-0.05, 0) is 55.7 Å². The van der Waals surface area contributed by atoms with Gasteiger partial charge in [-0.15, -0.1) is 0 Å². The highest BCUT2D eigenvalue weighted by molar-refractivity contribution is 6.34. The number of rotatable bonds is 8. The standard InChI is InChI=1S/C21H24ClNO4/c1-4-14-7-10-16(11-8-14)27-19(5-2)20(24)23-15-9-12-17(18(22)13-15)21(25)26-6-3/h7-13,19H,4-6H2,1-3H3,(H,23,24). The fraction of sp³-hybridized carbons (Fsp3) is 0.333. The van der Waals surface area contributed by atoms with E-state index in [1.54, 1.807) is 13.0 Å². The van der Waals surface area contributed by atoms with Crippen LogP contribution in [0, 0.1) is 0 Å². The lowest BCUT2D eigenvalue weighted by molar-refractivity contribution is -0.122. The summed E-state index contributed by atoms with van der Waals surface area (Å²) >= 11 is 6.13. The lowest BCUT2D eigenvalue weighted by Crippen LogP contribution is -2.32. The molecule has 0 aromatic heterocycles. The molecule has 5 nitrogen and oxygen atoms in total. The molecule has 2 aromatic rings. The van der Waals surface area contributed by atoms with Crippen LogP contribution < -0.4 is 10.1 Å². The number of amides is 1. The van der Waals surface area contributed by atoms with Crippen LogP contribution in [0.15, 0.2) is 42.5 Å². The Bertz CT molecular complexity index is 789. The predicted octanol–water partition coefficient (Wildman–Crippen LogP) is 4.88. The third-order valence-electron chi connectivity index (χ3n) is 4.01. The van der Waals surface area contributed by atoms with Crippen molar-refractivity contribution in [2.45, 2.75) is 39.7 Å². The zero-order valence-corrected chi connectivity index (χ0v) is 16.5. The number of carbonyl (C=O) groups is 2. The van der Waals surface area contributed by atoms with Crippen molar-refractivity contribution in [2.24, 2.45) is 0 Å². The third-order valence-corrected chi connectivity index (χ3v) is 4.32. The number of ether oxygens (including phenoxy) is 2. The first-order valence-electron chi connectivity index (χ1n) is 9.01. The summed E-state index contributed by atoms with van der Waals surface area (Å²) in [6.45, 7) is 5.95. The second-order valence-electron chi connectivity index (χ2n) is 5.92. The Kier molecular flexibility index (Phi) is 7.67. The van der Waals surface area contributed by atoms with Crippen LogP contribution in [0.5, 0.6) is 5.75 Å². The van der Waals surface area contributed by atoms with E-state index in [9.17, 15) is 9.59 Å². The smallest absolute Gasteiger partial charge is 0.339 e. The first kappa shape index (κ1) is 20.8. The van der Waals surface area contributed by atoms with E-state index in [0.717, 1.165) is 6.42 Å². The van der Waals surface area contributed by atoms with E-state index in [0.29, 0.717) is 17.9 Å². The van der Waals surface area contributed by atoms with Crippen LogP contribution in [-0.4, -0.2) is 24.6 Å². The summed E-state index contributed by atoms with van der Waals surface area (Å²) in [4.78, 5) is 24.3. The molecule has 2 aromatic carbocycles. The normalized spacial score (nSPS) is 11.6. The van der Waals surface area contributed by atoms with Crippen LogP contribution >= 0.6 is 11.6 Å². The number of benzene rings is 2. The second kappa shape index (κ2) is 9.97. The molecule has 0 spiro atoms. The maximum Gasteiger partial charge on any atom is 0.339 e. The molecule has 27 heavy (non-hydrogen) atoms. The average Bonchev–Trinajstić information content (AvgIpc) is 2.66. The number of nitrogens with one attached hydrogen (secondary N) is 1. The number of hydrogen-bond acceptors (Lipinski definition) is 4. The van der Waals surface area contributed by atoms with Crippen molar-refractivity contribution >= 4 is 29.2 Å². The van der Waals surface area contributed by atoms with Gasteiger partial charge < -0.3 is 14.8 Å². The van der Waals surface area contributed by atoms with Crippen molar-refractivity contribution in [3.63, 3.8) is 0 Å². The molecule has 1 amide bonds. The maximum atomic E-state index is 12.5. The predicted molar refractivity (Wildman–Crippen MR) is 107 cm³/mol. The minimum Gasteiger partial charge on any atom is -0.481 e. The molecule has 0 bridgehead atoms. The van der Waals surface area contributed by atoms with Crippen molar-refractivity contribution in [1.82, 2.24) is 0 Å². The Morgan fingerprint density at radius 3 is 2.33 bits per heavy atom. The summed E-state index contributed by atoms with van der Waals surface area (Å²) in [6, 6.07) is 12.3. The summed E-state index contributed by atoms with van der Waals surface area (Å²) in [6.07, 6.45) is 0.817. The van der Waals surface area contributed by atoms with Gasteiger partial charge in [0.05, 0.1) is 17.2 Å². The molecule has 0 fully saturated rings. The van der Waals surface area contributed by atoms with Crippen molar-refractivity contribution in [3.8, 4) is 5.75 Å². The van der Waals surface area contributed by atoms with Gasteiger partial charge in [-0.25, -0.2) is 4.79 Å². The number of hydrogen-bond donors (Lipinski definition) is 1. The summed E-state index contributed by atoms with van der Waals surface area (Å²) in [5.74, 6) is -0.132. The number of carbonyl (C=O) groups excluding carboxylic acids is 2. The Hall–Kier alpha value is -2.53. The van der Waals surface area contributed by atoms with E-state index in [1.165, 1.54) is 17.7 Å². The van der Waals surface area contributed by atoms with Gasteiger partial charge in [-0.3, -0.25) is 4.79 Å². The number of esters is 1. The van der Waals surface area contributed by atoms with Gasteiger partial charge in [0.15, 0.2) is 6.10 Å². The summed E-state index contributed by atoms with van der Waals surface area (Å²) in [5.41, 5.74) is 1.95. The molecule has 6 heteroatoms. The highest BCUT2D eigenvalue weighted by Crippen LogP contribution is 2.23. The number of anilines is 1. The summed E-state index contributed by atoms with van der Waals surface area (Å²) in [7, 11) is 0. The Morgan fingerprint density at radius 1 is 1.07 bits per heavy atom. The largest absolute Gasteiger partial charge is 0.481 e. The van der Waals surface area contributed by atoms with Crippen LogP contribution in [0.2, 0.25) is 5.02 Å². The molecule has 0 saturated carbocycles. The minimum atomic E-state index is -0.638. The molecule has 0 aliphatic rings. The highest BCUT2D eigenvalue weighted by atomic mass is 35.5. The van der Waals surface area contributed by atoms with Crippen molar-refractivity contribution in [3.05, 3.63) is 58.6 Å². The first-order valence-corrected chi connectivity index (χ1v) is 9.39. The van der Waals surface area contributed by atoms with Crippen LogP contribution in [-0.2, 0) is 16.0 Å². The van der Waals surface area contributed by atoms with Gasteiger partial charge in [-0.2, -0.15) is 0 Å². The summed E-state index contributed by atoms with van der Waals surface area (Å²) in [5, 5.41) is 2.99. The SMILES string of the molecule is CCOC(=O)c1ccc(NC(=O)C(CC)Oc2ccc(CC)cc2)cc1Cl. The van der Waals surface area contributed by atoms with Crippen molar-refractivity contribution in [1.29, 1.82) is 0 Å². The number of halogens is 1. The topological polar surface area (TPSA) is 64.6 Å². The van der Waals surface area contributed by atoms with Crippen LogP contribution in [0.4, 0.5) is 5.69 Å². The van der Waals surface area contributed by atoms with Gasteiger partial charge in [0, 0.05) is 5.69 Å². The van der Waals surface area contributed by atoms with Crippen LogP contribution in [0.1, 0.15) is 43.1 Å². The maximum absolute atomic E-state index is 12.5. The van der Waals surface area contributed by atoms with Gasteiger partial charge >= 0.3 is 5.97 Å². The Balaban J connectivity index is 2.05. The van der Waals surface area contributed by atoms with Gasteiger partial charge in [0.1, 0.15) is 5.75 Å². The fourth-order valence-corrected chi connectivity index (χ4v) is 2.74. The van der Waals surface area contributed by atoms with Crippen LogP contribution in [0.3, 0.4) is 0 Å². The zero-order chi connectivity index (χ0) is 19.8. The quantitative estimate of drug-likeness (QED) is 0.654. The molecular formula is C21H24ClNO4. The van der Waals surface area contributed by atoms with E-state index in [4.69, 9.17) is 21.1 Å². The van der Waals surface area contributed by atoms with Crippen molar-refractivity contribution < 1.29 is 19.1 Å². The van der Waals surface area contributed by atoms with E-state index in [2.05, 4.69) is 12.2 Å². The van der Waals surface area contributed by atoms with Gasteiger partial charge in [-0.1, -0.05) is 37.6 Å². The van der Waals surface area contributed by atoms with Gasteiger partial charge in [0.25, 0.3) is 5.91 Å². The Morgan fingerprint density at radius 2 is 1.78 bits per heavy atom. The number of aryl methyl sites for hydroxylation is 1. The lowest BCUT2D eigenvalue weighted by Gasteiger charge is -2.18. The molecule has 1 atom stereocenters. The van der Waals surface area contributed by atoms with E-state index in [-0.39, 0.29) is 23.1 Å². The molecule has 0 saturated heterocycles. The molecule has 1 N–H and O–H groups in total. The molecular weight excluding hydrogens is 366 g/mol. The molecule has 2 rings (SSSR count). The molecule has 1 unspecified atom stereocenters. The highest BCUT2D eigenvalue weighted by Gasteiger charge is 2.19. The second-order valence-corrected chi connectivity index (χ2v) is 6.32. The molecule has 0 aliphatic heterocycles. The molecule has 0 aliphatic carbocycles. The van der Waals surface area contributed by atoms with Gasteiger partial charge in [0.2, 0.25) is 0 Å². The van der Waals surface area contributed by atoms with Crippen molar-refractivity contribution in [2.75, 3.05) is 11.9 Å². The summed E-state index contributed by atoms with van der Waals surface area (Å²) < 4.78 is 10.7. The lowest BCUT2D eigenvalue weighted by atomic mass is 10.1. The van der Waals surface area contributed by atoms with Crippen LogP contribution in [0.25, 0.3) is 0 Å². The molecule has 0 radical (unpaired) electrons. The Labute approximate surface area is 164 Å². The average molecular weight is 390 g/mol. The molecule has 144 valence electrons. The minimum absolute atomic E-state index is 0.218. The zero-order valence-electron chi connectivity index (χ0n) is 15.8. The van der Waals surface area contributed by atoms with E-state index >= 15 is 0 Å². The first-order chi connectivity index (χ1) is 13.0. The van der Waals surface area contributed by atoms with E-state index < -0.39 is 12.1 Å².